The van der Waals surface area contributed by atoms with Crippen LogP contribution in [0, 0.1) is 0 Å². The van der Waals surface area contributed by atoms with Gasteiger partial charge in [0.2, 0.25) is 5.95 Å². The van der Waals surface area contributed by atoms with Gasteiger partial charge in [0.15, 0.2) is 0 Å². The number of halogens is 1. The molecule has 2 aliphatic carbocycles. The van der Waals surface area contributed by atoms with Crippen LogP contribution in [-0.2, 0) is 0 Å². The zero-order valence-electron chi connectivity index (χ0n) is 19.2. The molecule has 3 heterocycles. The highest BCUT2D eigenvalue weighted by Gasteiger charge is 2.20. The summed E-state index contributed by atoms with van der Waals surface area (Å²) in [4.78, 5) is 9.39. The Hall–Kier alpha value is -2.93. The molecule has 2 N–H and O–H groups in total. The number of hydrogen-bond acceptors (Lipinski definition) is 5. The summed E-state index contributed by atoms with van der Waals surface area (Å²) in [5, 5.41) is 12.3. The fraction of sp³-hybridized carbons (Fsp3) is 0.370. The standard InChI is InChI=1S/C27H29BrN6/c28-19-7-5-6-18(16-19)24-17-25-22(12-13-26(34(25)33-24)30-20-8-1-2-9-20)23-14-15-29-27(32-23)31-21-10-3-4-11-21/h5-7,12-17,20-21,30H,1-4,8-11H2,(H,29,31,32). The lowest BCUT2D eigenvalue weighted by Crippen LogP contribution is -2.17. The van der Waals surface area contributed by atoms with Crippen molar-refractivity contribution < 1.29 is 0 Å². The van der Waals surface area contributed by atoms with Crippen molar-refractivity contribution in [2.75, 3.05) is 10.6 Å². The van der Waals surface area contributed by atoms with E-state index in [4.69, 9.17) is 10.1 Å². The summed E-state index contributed by atoms with van der Waals surface area (Å²) in [6.07, 6.45) is 11.8. The molecule has 6 nitrogen and oxygen atoms in total. The number of aromatic nitrogens is 4. The number of fused-ring (bicyclic) bond motifs is 1. The van der Waals surface area contributed by atoms with Gasteiger partial charge in [-0.1, -0.05) is 53.7 Å². The highest BCUT2D eigenvalue weighted by Crippen LogP contribution is 2.32. The van der Waals surface area contributed by atoms with Crippen LogP contribution in [0.1, 0.15) is 51.4 Å². The van der Waals surface area contributed by atoms with Crippen LogP contribution in [0.15, 0.2) is 59.2 Å². The van der Waals surface area contributed by atoms with Gasteiger partial charge >= 0.3 is 0 Å². The highest BCUT2D eigenvalue weighted by atomic mass is 79.9. The van der Waals surface area contributed by atoms with Crippen LogP contribution in [0.25, 0.3) is 28.0 Å². The Morgan fingerprint density at radius 1 is 0.824 bits per heavy atom. The quantitative estimate of drug-likeness (QED) is 0.290. The van der Waals surface area contributed by atoms with E-state index in [2.05, 4.69) is 66.4 Å². The van der Waals surface area contributed by atoms with Crippen LogP contribution < -0.4 is 10.6 Å². The molecule has 7 heteroatoms. The molecule has 2 aliphatic rings. The number of nitrogens with zero attached hydrogens (tertiary/aromatic N) is 4. The van der Waals surface area contributed by atoms with Gasteiger partial charge in [0, 0.05) is 33.9 Å². The Morgan fingerprint density at radius 3 is 2.35 bits per heavy atom. The molecular formula is C27H29BrN6. The van der Waals surface area contributed by atoms with Gasteiger partial charge < -0.3 is 10.6 Å². The molecule has 2 saturated carbocycles. The molecule has 0 bridgehead atoms. The minimum Gasteiger partial charge on any atom is -0.367 e. The first-order chi connectivity index (χ1) is 16.7. The van der Waals surface area contributed by atoms with E-state index in [-0.39, 0.29) is 0 Å². The fourth-order valence-electron chi connectivity index (χ4n) is 5.30. The molecule has 0 radical (unpaired) electrons. The molecule has 0 unspecified atom stereocenters. The molecular weight excluding hydrogens is 488 g/mol. The van der Waals surface area contributed by atoms with Gasteiger partial charge in [0.1, 0.15) is 5.82 Å². The van der Waals surface area contributed by atoms with Crippen molar-refractivity contribution in [3.05, 3.63) is 59.2 Å². The summed E-state index contributed by atoms with van der Waals surface area (Å²) in [5.74, 6) is 1.74. The van der Waals surface area contributed by atoms with Gasteiger partial charge in [-0.2, -0.15) is 5.10 Å². The van der Waals surface area contributed by atoms with E-state index < -0.39 is 0 Å². The molecule has 0 amide bonds. The monoisotopic (exact) mass is 516 g/mol. The van der Waals surface area contributed by atoms with Gasteiger partial charge in [-0.25, -0.2) is 14.5 Å². The van der Waals surface area contributed by atoms with Crippen molar-refractivity contribution in [2.45, 2.75) is 63.5 Å². The molecule has 0 atom stereocenters. The van der Waals surface area contributed by atoms with Crippen LogP contribution in [0.3, 0.4) is 0 Å². The minimum absolute atomic E-state index is 0.478. The zero-order chi connectivity index (χ0) is 22.9. The topological polar surface area (TPSA) is 67.1 Å². The Labute approximate surface area is 208 Å². The summed E-state index contributed by atoms with van der Waals surface area (Å²) >= 11 is 3.60. The SMILES string of the molecule is Brc1cccc(-c2cc3c(-c4ccnc(NC5CCCC5)n4)ccc(NC4CCCC4)n3n2)c1. The largest absolute Gasteiger partial charge is 0.367 e. The van der Waals surface area contributed by atoms with E-state index in [0.29, 0.717) is 18.0 Å². The molecule has 0 spiro atoms. The van der Waals surface area contributed by atoms with E-state index >= 15 is 0 Å². The van der Waals surface area contributed by atoms with E-state index in [1.807, 2.05) is 24.4 Å². The highest BCUT2D eigenvalue weighted by molar-refractivity contribution is 9.10. The fourth-order valence-corrected chi connectivity index (χ4v) is 5.70. The second kappa shape index (κ2) is 9.37. The van der Waals surface area contributed by atoms with Gasteiger partial charge in [0.25, 0.3) is 0 Å². The smallest absolute Gasteiger partial charge is 0.223 e. The lowest BCUT2D eigenvalue weighted by atomic mass is 10.1. The van der Waals surface area contributed by atoms with Gasteiger partial charge in [-0.15, -0.1) is 0 Å². The molecule has 1 aromatic carbocycles. The normalized spacial score (nSPS) is 17.0. The number of nitrogens with one attached hydrogen (secondary N) is 2. The van der Waals surface area contributed by atoms with Crippen molar-refractivity contribution in [3.8, 4) is 22.5 Å². The van der Waals surface area contributed by atoms with E-state index in [0.717, 1.165) is 38.3 Å². The van der Waals surface area contributed by atoms with Crippen LogP contribution in [-0.4, -0.2) is 31.7 Å². The molecule has 4 aromatic rings. The Kier molecular flexibility index (Phi) is 5.95. The lowest BCUT2D eigenvalue weighted by Gasteiger charge is -2.16. The van der Waals surface area contributed by atoms with Crippen LogP contribution in [0.5, 0.6) is 0 Å². The molecule has 0 aliphatic heterocycles. The first-order valence-corrected chi connectivity index (χ1v) is 13.2. The first kappa shape index (κ1) is 21.6. The number of rotatable bonds is 6. The van der Waals surface area contributed by atoms with E-state index in [9.17, 15) is 0 Å². The van der Waals surface area contributed by atoms with Gasteiger partial charge in [0.05, 0.1) is 16.9 Å². The van der Waals surface area contributed by atoms with Crippen molar-refractivity contribution >= 4 is 33.2 Å². The summed E-state index contributed by atoms with van der Waals surface area (Å²) in [7, 11) is 0. The average molecular weight is 517 g/mol. The summed E-state index contributed by atoms with van der Waals surface area (Å²) < 4.78 is 3.10. The van der Waals surface area contributed by atoms with Crippen LogP contribution >= 0.6 is 15.9 Å². The molecule has 6 rings (SSSR count). The second-order valence-corrected chi connectivity index (χ2v) is 10.4. The summed E-state index contributed by atoms with van der Waals surface area (Å²) in [5.41, 5.74) is 5.04. The minimum atomic E-state index is 0.478. The van der Waals surface area contributed by atoms with Gasteiger partial charge in [-0.3, -0.25) is 0 Å². The number of benzene rings is 1. The maximum atomic E-state index is 5.03. The number of hydrogen-bond donors (Lipinski definition) is 2. The maximum absolute atomic E-state index is 5.03. The maximum Gasteiger partial charge on any atom is 0.223 e. The average Bonchev–Trinajstić information content (AvgIpc) is 3.62. The van der Waals surface area contributed by atoms with Crippen molar-refractivity contribution in [1.82, 2.24) is 19.6 Å². The Balaban J connectivity index is 1.42. The molecule has 0 saturated heterocycles. The predicted molar refractivity (Wildman–Crippen MR) is 141 cm³/mol. The third-order valence-corrected chi connectivity index (χ3v) is 7.56. The number of anilines is 2. The molecule has 174 valence electrons. The van der Waals surface area contributed by atoms with Crippen molar-refractivity contribution in [1.29, 1.82) is 0 Å². The molecule has 3 aromatic heterocycles. The van der Waals surface area contributed by atoms with Crippen LogP contribution in [0.2, 0.25) is 0 Å². The Bertz CT molecular complexity index is 1300. The van der Waals surface area contributed by atoms with E-state index in [1.54, 1.807) is 0 Å². The van der Waals surface area contributed by atoms with Gasteiger partial charge in [-0.05, 0) is 62.1 Å². The lowest BCUT2D eigenvalue weighted by molar-refractivity contribution is 0.742. The molecule has 2 fully saturated rings. The van der Waals surface area contributed by atoms with E-state index in [1.165, 1.54) is 51.4 Å². The summed E-state index contributed by atoms with van der Waals surface area (Å²) in [6, 6.07) is 17.8. The second-order valence-electron chi connectivity index (χ2n) is 9.49. The third kappa shape index (κ3) is 4.41. The van der Waals surface area contributed by atoms with Crippen LogP contribution in [0.4, 0.5) is 11.8 Å². The van der Waals surface area contributed by atoms with Crippen molar-refractivity contribution in [2.24, 2.45) is 0 Å². The molecule has 34 heavy (non-hydrogen) atoms. The van der Waals surface area contributed by atoms with Crippen molar-refractivity contribution in [3.63, 3.8) is 0 Å². The number of pyridine rings is 1. The predicted octanol–water partition coefficient (Wildman–Crippen LogP) is 6.93. The Morgan fingerprint density at radius 2 is 1.59 bits per heavy atom. The zero-order valence-corrected chi connectivity index (χ0v) is 20.8. The first-order valence-electron chi connectivity index (χ1n) is 12.4. The summed E-state index contributed by atoms with van der Waals surface area (Å²) in [6.45, 7) is 0. The third-order valence-electron chi connectivity index (χ3n) is 7.07.